The summed E-state index contributed by atoms with van der Waals surface area (Å²) in [7, 11) is 0. The maximum Gasteiger partial charge on any atom is 0.270 e. The van der Waals surface area contributed by atoms with Gasteiger partial charge in [0.2, 0.25) is 0 Å². The monoisotopic (exact) mass is 416 g/mol. The zero-order chi connectivity index (χ0) is 21.4. The number of benzene rings is 2. The number of nitro benzene ring substituents is 1. The fourth-order valence-corrected chi connectivity index (χ4v) is 2.73. The molecule has 0 radical (unpaired) electrons. The second-order valence-corrected chi connectivity index (χ2v) is 6.27. The summed E-state index contributed by atoms with van der Waals surface area (Å²) in [5.74, 6) is -0.0208. The highest BCUT2D eigenvalue weighted by Crippen LogP contribution is 2.33. The molecule has 0 aliphatic carbocycles. The molecule has 29 heavy (non-hydrogen) atoms. The van der Waals surface area contributed by atoms with Gasteiger partial charge in [0.1, 0.15) is 23.7 Å². The lowest BCUT2D eigenvalue weighted by atomic mass is 10.2. The molecule has 0 aliphatic rings. The summed E-state index contributed by atoms with van der Waals surface area (Å²) in [6, 6.07) is 11.1. The van der Waals surface area contributed by atoms with Crippen LogP contribution in [0.25, 0.3) is 0 Å². The van der Waals surface area contributed by atoms with Gasteiger partial charge >= 0.3 is 0 Å². The largest absolute Gasteiger partial charge is 0.373 e. The van der Waals surface area contributed by atoms with Crippen LogP contribution in [0, 0.1) is 21.4 Å². The van der Waals surface area contributed by atoms with Gasteiger partial charge in [0, 0.05) is 30.9 Å². The molecule has 9 nitrogen and oxygen atoms in total. The van der Waals surface area contributed by atoms with E-state index < -0.39 is 11.2 Å². The first-order chi connectivity index (χ1) is 13.9. The van der Waals surface area contributed by atoms with E-state index in [0.717, 1.165) is 24.8 Å². The average molecular weight is 417 g/mol. The number of rotatable bonds is 9. The number of hydrogen-bond donors (Lipinski definition) is 2. The molecule has 0 saturated heterocycles. The minimum absolute atomic E-state index is 0.0208. The number of aliphatic hydroxyl groups excluding tert-OH is 1. The van der Waals surface area contributed by atoms with Crippen LogP contribution in [0.3, 0.4) is 0 Å². The molecule has 10 heteroatoms. The van der Waals surface area contributed by atoms with Crippen molar-refractivity contribution in [2.45, 2.75) is 20.1 Å². The molecule has 0 amide bonds. The third-order valence-corrected chi connectivity index (χ3v) is 4.45. The molecule has 1 atom stereocenters. The van der Waals surface area contributed by atoms with Crippen LogP contribution < -0.4 is 10.2 Å². The Balaban J connectivity index is 2.43. The summed E-state index contributed by atoms with van der Waals surface area (Å²) in [4.78, 5) is 12.4. The number of azo groups is 1. The molecular formula is C19H21ClN6O3. The summed E-state index contributed by atoms with van der Waals surface area (Å²) in [5, 5.41) is 41.1. The van der Waals surface area contributed by atoms with E-state index in [0.29, 0.717) is 11.4 Å². The average Bonchev–Trinajstić information content (AvgIpc) is 2.73. The Morgan fingerprint density at radius 1 is 1.24 bits per heavy atom. The van der Waals surface area contributed by atoms with Crippen LogP contribution in [-0.2, 0) is 0 Å². The molecule has 0 saturated carbocycles. The number of anilines is 2. The maximum atomic E-state index is 10.9. The first-order valence-electron chi connectivity index (χ1n) is 8.93. The third kappa shape index (κ3) is 5.63. The SMILES string of the molecule is CCN(CC)c1ccc(N=Nc2ccc([N+](=O)[O-])cc2C#N)c(NC(O)CCl)c1. The summed E-state index contributed by atoms with van der Waals surface area (Å²) in [6.45, 7) is 5.69. The number of non-ortho nitro benzene ring substituents is 1. The van der Waals surface area contributed by atoms with E-state index >= 15 is 0 Å². The molecule has 0 aliphatic heterocycles. The lowest BCUT2D eigenvalue weighted by Crippen LogP contribution is -2.23. The Kier molecular flexibility index (Phi) is 7.88. The molecule has 0 heterocycles. The molecule has 2 aromatic carbocycles. The van der Waals surface area contributed by atoms with Crippen LogP contribution in [-0.4, -0.2) is 35.2 Å². The van der Waals surface area contributed by atoms with Crippen molar-refractivity contribution in [3.63, 3.8) is 0 Å². The van der Waals surface area contributed by atoms with Crippen molar-refractivity contribution in [3.8, 4) is 6.07 Å². The quantitative estimate of drug-likeness (QED) is 0.200. The topological polar surface area (TPSA) is 127 Å². The summed E-state index contributed by atoms with van der Waals surface area (Å²) in [5.41, 5.74) is 1.93. The number of halogens is 1. The van der Waals surface area contributed by atoms with E-state index in [1.165, 1.54) is 12.1 Å². The van der Waals surface area contributed by atoms with Crippen LogP contribution in [0.15, 0.2) is 46.6 Å². The van der Waals surface area contributed by atoms with E-state index in [4.69, 9.17) is 11.6 Å². The smallest absolute Gasteiger partial charge is 0.270 e. The summed E-state index contributed by atoms with van der Waals surface area (Å²) >= 11 is 5.70. The van der Waals surface area contributed by atoms with Gasteiger partial charge in [-0.1, -0.05) is 0 Å². The number of nitrogens with one attached hydrogen (secondary N) is 1. The van der Waals surface area contributed by atoms with Gasteiger partial charge in [0.25, 0.3) is 5.69 Å². The maximum absolute atomic E-state index is 10.9. The van der Waals surface area contributed by atoms with E-state index in [9.17, 15) is 20.5 Å². The number of alkyl halides is 1. The van der Waals surface area contributed by atoms with Crippen molar-refractivity contribution in [1.82, 2.24) is 0 Å². The highest BCUT2D eigenvalue weighted by atomic mass is 35.5. The Bertz CT molecular complexity index is 940. The van der Waals surface area contributed by atoms with Gasteiger partial charge in [-0.2, -0.15) is 5.26 Å². The van der Waals surface area contributed by atoms with Crippen LogP contribution >= 0.6 is 11.6 Å². The van der Waals surface area contributed by atoms with Crippen LogP contribution in [0.1, 0.15) is 19.4 Å². The number of nitriles is 1. The molecular weight excluding hydrogens is 396 g/mol. The Morgan fingerprint density at radius 3 is 2.48 bits per heavy atom. The first-order valence-corrected chi connectivity index (χ1v) is 9.46. The second-order valence-electron chi connectivity index (χ2n) is 5.96. The van der Waals surface area contributed by atoms with Crippen LogP contribution in [0.5, 0.6) is 0 Å². The van der Waals surface area contributed by atoms with Gasteiger partial charge in [-0.25, -0.2) is 0 Å². The predicted octanol–water partition coefficient (Wildman–Crippen LogP) is 4.70. The number of nitro groups is 1. The lowest BCUT2D eigenvalue weighted by Gasteiger charge is -2.23. The van der Waals surface area contributed by atoms with Gasteiger partial charge in [0.15, 0.2) is 0 Å². The Labute approximate surface area is 173 Å². The Morgan fingerprint density at radius 2 is 1.90 bits per heavy atom. The van der Waals surface area contributed by atoms with Crippen molar-refractivity contribution in [1.29, 1.82) is 5.26 Å². The summed E-state index contributed by atoms with van der Waals surface area (Å²) < 4.78 is 0. The zero-order valence-electron chi connectivity index (χ0n) is 16.0. The number of hydrogen-bond acceptors (Lipinski definition) is 8. The van der Waals surface area contributed by atoms with Crippen molar-refractivity contribution >= 4 is 40.0 Å². The van der Waals surface area contributed by atoms with Crippen LogP contribution in [0.2, 0.25) is 0 Å². The van der Waals surface area contributed by atoms with Gasteiger partial charge in [-0.15, -0.1) is 21.8 Å². The highest BCUT2D eigenvalue weighted by Gasteiger charge is 2.13. The molecule has 2 rings (SSSR count). The molecule has 1 unspecified atom stereocenters. The number of aliphatic hydroxyl groups is 1. The molecule has 2 N–H and O–H groups in total. The lowest BCUT2D eigenvalue weighted by molar-refractivity contribution is -0.384. The first kappa shape index (κ1) is 22.1. The van der Waals surface area contributed by atoms with Gasteiger partial charge in [-0.3, -0.25) is 10.1 Å². The van der Waals surface area contributed by atoms with Gasteiger partial charge < -0.3 is 15.3 Å². The highest BCUT2D eigenvalue weighted by molar-refractivity contribution is 6.18. The molecule has 0 aromatic heterocycles. The zero-order valence-corrected chi connectivity index (χ0v) is 16.8. The predicted molar refractivity (Wildman–Crippen MR) is 112 cm³/mol. The second kappa shape index (κ2) is 10.4. The summed E-state index contributed by atoms with van der Waals surface area (Å²) in [6.07, 6.45) is -0.980. The Hall–Kier alpha value is -3.22. The molecule has 2 aromatic rings. The van der Waals surface area contributed by atoms with E-state index in [2.05, 4.69) is 20.4 Å². The minimum Gasteiger partial charge on any atom is -0.373 e. The molecule has 0 fully saturated rings. The third-order valence-electron chi connectivity index (χ3n) is 4.15. The van der Waals surface area contributed by atoms with Crippen molar-refractivity contribution in [2.24, 2.45) is 10.2 Å². The standard InChI is InChI=1S/C19H21ClN6O3/c1-3-25(4-2)14-5-8-17(18(10-14)22-19(27)11-20)24-23-16-7-6-15(26(28)29)9-13(16)12-21/h5-10,19,22,27H,3-4,11H2,1-2H3. The van der Waals surface area contributed by atoms with Gasteiger partial charge in [-0.05, 0) is 38.1 Å². The minimum atomic E-state index is -0.980. The normalized spacial score (nSPS) is 11.8. The fourth-order valence-electron chi connectivity index (χ4n) is 2.65. The van der Waals surface area contributed by atoms with Crippen molar-refractivity contribution in [2.75, 3.05) is 29.2 Å². The van der Waals surface area contributed by atoms with E-state index in [-0.39, 0.29) is 22.8 Å². The van der Waals surface area contributed by atoms with E-state index in [1.54, 1.807) is 6.07 Å². The fraction of sp³-hybridized carbons (Fsp3) is 0.316. The van der Waals surface area contributed by atoms with Crippen LogP contribution in [0.4, 0.5) is 28.4 Å². The number of nitrogens with zero attached hydrogens (tertiary/aromatic N) is 5. The van der Waals surface area contributed by atoms with Gasteiger partial charge in [0.05, 0.1) is 22.1 Å². The molecule has 0 bridgehead atoms. The van der Waals surface area contributed by atoms with Crippen molar-refractivity contribution < 1.29 is 10.0 Å². The molecule has 152 valence electrons. The van der Waals surface area contributed by atoms with Crippen molar-refractivity contribution in [3.05, 3.63) is 52.1 Å². The van der Waals surface area contributed by atoms with E-state index in [1.807, 2.05) is 32.0 Å². The molecule has 0 spiro atoms.